The van der Waals surface area contributed by atoms with Crippen LogP contribution in [0, 0.1) is 20.8 Å². The van der Waals surface area contributed by atoms with Gasteiger partial charge in [0.15, 0.2) is 0 Å². The molecule has 2 aromatic rings. The number of carbonyl (C=O) groups is 1. The number of rotatable bonds is 5. The average molecular weight is 348 g/mol. The molecule has 2 rings (SSSR count). The summed E-state index contributed by atoms with van der Waals surface area (Å²) in [6.07, 6.45) is 0.563. The van der Waals surface area contributed by atoms with Crippen LogP contribution >= 0.6 is 0 Å². The number of sulfonamides is 1. The Kier molecular flexibility index (Phi) is 5.30. The molecule has 0 bridgehead atoms. The predicted octanol–water partition coefficient (Wildman–Crippen LogP) is 1.02. The lowest BCUT2D eigenvalue weighted by Gasteiger charge is -2.09. The number of carbonyl (C=O) groups excluding carboxylic acids is 1. The van der Waals surface area contributed by atoms with E-state index in [2.05, 4.69) is 15.3 Å². The number of primary sulfonamides is 1. The fraction of sp³-hybridized carbons (Fsp3) is 0.312. The first-order valence-corrected chi connectivity index (χ1v) is 8.95. The van der Waals surface area contributed by atoms with E-state index in [4.69, 9.17) is 5.14 Å². The van der Waals surface area contributed by atoms with Crippen LogP contribution in [0.25, 0.3) is 0 Å². The van der Waals surface area contributed by atoms with E-state index < -0.39 is 10.0 Å². The molecular weight excluding hydrogens is 328 g/mol. The second-order valence-electron chi connectivity index (χ2n) is 5.52. The molecule has 3 N–H and O–H groups in total. The molecule has 0 unspecified atom stereocenters. The summed E-state index contributed by atoms with van der Waals surface area (Å²) in [4.78, 5) is 20.8. The van der Waals surface area contributed by atoms with Crippen LogP contribution in [0.5, 0.6) is 0 Å². The summed E-state index contributed by atoms with van der Waals surface area (Å²) in [6.45, 7) is 5.82. The van der Waals surface area contributed by atoms with Crippen LogP contribution < -0.4 is 10.5 Å². The molecule has 0 saturated carbocycles. The number of nitrogens with zero attached hydrogens (tertiary/aromatic N) is 2. The number of benzene rings is 1. The molecule has 128 valence electrons. The molecule has 0 spiro atoms. The molecule has 0 aliphatic carbocycles. The fourth-order valence-electron chi connectivity index (χ4n) is 2.18. The van der Waals surface area contributed by atoms with Crippen molar-refractivity contribution in [2.24, 2.45) is 5.14 Å². The highest BCUT2D eigenvalue weighted by Gasteiger charge is 2.13. The SMILES string of the molecule is Cc1nc(C)c(C(=O)NCCc2ccc(S(N)(=O)=O)cc2)nc1C. The van der Waals surface area contributed by atoms with Crippen LogP contribution in [0.2, 0.25) is 0 Å². The van der Waals surface area contributed by atoms with Crippen LogP contribution in [0.4, 0.5) is 0 Å². The monoisotopic (exact) mass is 348 g/mol. The Balaban J connectivity index is 1.97. The van der Waals surface area contributed by atoms with Crippen LogP contribution in [0.15, 0.2) is 29.2 Å². The molecule has 1 amide bonds. The Morgan fingerprint density at radius 1 is 1.04 bits per heavy atom. The minimum absolute atomic E-state index is 0.0660. The number of aromatic nitrogens is 2. The number of nitrogens with two attached hydrogens (primary N) is 1. The summed E-state index contributed by atoms with van der Waals surface area (Å²) in [5, 5.41) is 7.85. The van der Waals surface area contributed by atoms with Crippen molar-refractivity contribution >= 4 is 15.9 Å². The van der Waals surface area contributed by atoms with E-state index in [1.54, 1.807) is 19.1 Å². The van der Waals surface area contributed by atoms with E-state index in [0.29, 0.717) is 24.4 Å². The Bertz CT molecular complexity index is 862. The first kappa shape index (κ1) is 18.0. The van der Waals surface area contributed by atoms with Gasteiger partial charge in [-0.15, -0.1) is 0 Å². The Morgan fingerprint density at radius 3 is 2.21 bits per heavy atom. The molecule has 0 aliphatic rings. The highest BCUT2D eigenvalue weighted by atomic mass is 32.2. The van der Waals surface area contributed by atoms with Gasteiger partial charge in [0.2, 0.25) is 10.0 Å². The molecule has 1 heterocycles. The standard InChI is InChI=1S/C16H20N4O3S/c1-10-11(2)20-15(12(3)19-10)16(21)18-9-8-13-4-6-14(7-5-13)24(17,22)23/h4-7H,8-9H2,1-3H3,(H,18,21)(H2,17,22,23). The van der Waals surface area contributed by atoms with Gasteiger partial charge in [-0.05, 0) is 44.9 Å². The lowest BCUT2D eigenvalue weighted by molar-refractivity contribution is 0.0947. The fourth-order valence-corrected chi connectivity index (χ4v) is 2.70. The maximum absolute atomic E-state index is 12.2. The molecule has 0 atom stereocenters. The maximum atomic E-state index is 12.2. The van der Waals surface area contributed by atoms with Crippen molar-refractivity contribution in [1.29, 1.82) is 0 Å². The van der Waals surface area contributed by atoms with E-state index in [1.807, 2.05) is 13.8 Å². The summed E-state index contributed by atoms with van der Waals surface area (Å²) in [5.74, 6) is -0.274. The predicted molar refractivity (Wildman–Crippen MR) is 90.1 cm³/mol. The Labute approximate surface area is 141 Å². The van der Waals surface area contributed by atoms with Gasteiger partial charge in [0.1, 0.15) is 5.69 Å². The summed E-state index contributed by atoms with van der Waals surface area (Å²) >= 11 is 0. The zero-order valence-electron chi connectivity index (χ0n) is 13.8. The summed E-state index contributed by atoms with van der Waals surface area (Å²) in [5.41, 5.74) is 3.34. The molecule has 0 saturated heterocycles. The smallest absolute Gasteiger partial charge is 0.271 e. The molecule has 0 radical (unpaired) electrons. The summed E-state index contributed by atoms with van der Waals surface area (Å²) in [7, 11) is -3.69. The van der Waals surface area contributed by atoms with Crippen molar-refractivity contribution in [2.45, 2.75) is 32.1 Å². The van der Waals surface area contributed by atoms with Crippen LogP contribution in [-0.2, 0) is 16.4 Å². The summed E-state index contributed by atoms with van der Waals surface area (Å²) < 4.78 is 22.4. The maximum Gasteiger partial charge on any atom is 0.271 e. The third-order valence-electron chi connectivity index (χ3n) is 3.65. The lowest BCUT2D eigenvalue weighted by Crippen LogP contribution is -2.28. The van der Waals surface area contributed by atoms with Gasteiger partial charge in [-0.25, -0.2) is 18.5 Å². The van der Waals surface area contributed by atoms with Gasteiger partial charge in [-0.3, -0.25) is 9.78 Å². The Morgan fingerprint density at radius 2 is 1.62 bits per heavy atom. The molecular formula is C16H20N4O3S. The molecule has 1 aromatic heterocycles. The topological polar surface area (TPSA) is 115 Å². The molecule has 0 fully saturated rings. The highest BCUT2D eigenvalue weighted by molar-refractivity contribution is 7.89. The van der Waals surface area contributed by atoms with Gasteiger partial charge >= 0.3 is 0 Å². The van der Waals surface area contributed by atoms with Crippen molar-refractivity contribution in [2.75, 3.05) is 6.54 Å². The largest absolute Gasteiger partial charge is 0.350 e. The van der Waals surface area contributed by atoms with Gasteiger partial charge in [0.05, 0.1) is 22.0 Å². The number of aryl methyl sites for hydroxylation is 3. The second-order valence-corrected chi connectivity index (χ2v) is 7.08. The van der Waals surface area contributed by atoms with Crippen molar-refractivity contribution in [3.63, 3.8) is 0 Å². The minimum atomic E-state index is -3.69. The third-order valence-corrected chi connectivity index (χ3v) is 4.58. The van der Waals surface area contributed by atoms with Crippen molar-refractivity contribution < 1.29 is 13.2 Å². The average Bonchev–Trinajstić information content (AvgIpc) is 2.50. The third kappa shape index (κ3) is 4.36. The van der Waals surface area contributed by atoms with E-state index >= 15 is 0 Å². The van der Waals surface area contributed by atoms with E-state index in [9.17, 15) is 13.2 Å². The van der Waals surface area contributed by atoms with Crippen molar-refractivity contribution in [3.8, 4) is 0 Å². The number of amides is 1. The van der Waals surface area contributed by atoms with E-state index in [-0.39, 0.29) is 10.8 Å². The quantitative estimate of drug-likeness (QED) is 0.837. The summed E-state index contributed by atoms with van der Waals surface area (Å²) in [6, 6.07) is 6.25. The number of hydrogen-bond acceptors (Lipinski definition) is 5. The van der Waals surface area contributed by atoms with Crippen molar-refractivity contribution in [1.82, 2.24) is 15.3 Å². The van der Waals surface area contributed by atoms with E-state index in [0.717, 1.165) is 17.0 Å². The molecule has 8 heteroatoms. The zero-order chi connectivity index (χ0) is 17.9. The normalized spacial score (nSPS) is 11.3. The first-order valence-electron chi connectivity index (χ1n) is 7.40. The van der Waals surface area contributed by atoms with Crippen LogP contribution in [-0.4, -0.2) is 30.8 Å². The molecule has 0 aliphatic heterocycles. The van der Waals surface area contributed by atoms with Crippen molar-refractivity contribution in [3.05, 3.63) is 52.6 Å². The van der Waals surface area contributed by atoms with Gasteiger partial charge in [0.25, 0.3) is 5.91 Å². The van der Waals surface area contributed by atoms with Gasteiger partial charge in [-0.2, -0.15) is 0 Å². The van der Waals surface area contributed by atoms with Crippen LogP contribution in [0.1, 0.15) is 33.1 Å². The second kappa shape index (κ2) is 7.06. The molecule has 7 nitrogen and oxygen atoms in total. The highest BCUT2D eigenvalue weighted by Crippen LogP contribution is 2.10. The number of hydrogen-bond donors (Lipinski definition) is 2. The molecule has 1 aromatic carbocycles. The van der Waals surface area contributed by atoms with E-state index in [1.165, 1.54) is 12.1 Å². The Hall–Kier alpha value is -2.32. The van der Waals surface area contributed by atoms with Crippen LogP contribution in [0.3, 0.4) is 0 Å². The zero-order valence-corrected chi connectivity index (χ0v) is 14.6. The minimum Gasteiger partial charge on any atom is -0.350 e. The molecule has 24 heavy (non-hydrogen) atoms. The van der Waals surface area contributed by atoms with Gasteiger partial charge < -0.3 is 5.32 Å². The van der Waals surface area contributed by atoms with Gasteiger partial charge in [0, 0.05) is 6.54 Å². The lowest BCUT2D eigenvalue weighted by atomic mass is 10.1. The number of nitrogens with one attached hydrogen (secondary N) is 1. The first-order chi connectivity index (χ1) is 11.2. The van der Waals surface area contributed by atoms with Gasteiger partial charge in [-0.1, -0.05) is 12.1 Å².